The standard InChI is InChI=1S/C28H32N6O6/c1-5-7-23(35)39-16-40-28(38)34(22-13-19(9-8-17(22)3)26(36)32-20-10-11-20)25-24-18(4)21(27(37)29-12-6-2)14-33(24)31-15-30-25/h5,7-9,13-15,20H,6,10-12,16H2,1-4H3,(H,29,37)(H,32,36)/b7-5+. The van der Waals surface area contributed by atoms with Crippen LogP contribution in [0.5, 0.6) is 0 Å². The zero-order valence-corrected chi connectivity index (χ0v) is 22.9. The maximum atomic E-state index is 13.6. The third-order valence-corrected chi connectivity index (χ3v) is 6.29. The van der Waals surface area contributed by atoms with Gasteiger partial charge in [0.25, 0.3) is 11.8 Å². The second-order valence-electron chi connectivity index (χ2n) is 9.38. The fraction of sp³-hybridized carbons (Fsp3) is 0.357. The number of rotatable bonds is 10. The Labute approximate surface area is 231 Å². The molecule has 0 saturated heterocycles. The van der Waals surface area contributed by atoms with Crippen molar-refractivity contribution in [1.82, 2.24) is 25.2 Å². The molecule has 1 aliphatic rings. The van der Waals surface area contributed by atoms with E-state index in [2.05, 4.69) is 20.7 Å². The van der Waals surface area contributed by atoms with Gasteiger partial charge in [-0.25, -0.2) is 24.0 Å². The predicted octanol–water partition coefficient (Wildman–Crippen LogP) is 3.73. The summed E-state index contributed by atoms with van der Waals surface area (Å²) in [6, 6.07) is 5.11. The first kappa shape index (κ1) is 28.3. The van der Waals surface area contributed by atoms with Crippen molar-refractivity contribution in [2.45, 2.75) is 53.0 Å². The second-order valence-corrected chi connectivity index (χ2v) is 9.38. The van der Waals surface area contributed by atoms with Crippen molar-refractivity contribution in [1.29, 1.82) is 0 Å². The van der Waals surface area contributed by atoms with Crippen molar-refractivity contribution in [3.63, 3.8) is 0 Å². The highest BCUT2D eigenvalue weighted by Crippen LogP contribution is 2.34. The Morgan fingerprint density at radius 3 is 2.62 bits per heavy atom. The lowest BCUT2D eigenvalue weighted by Gasteiger charge is -2.24. The number of benzene rings is 1. The van der Waals surface area contributed by atoms with Gasteiger partial charge in [0.05, 0.1) is 11.3 Å². The van der Waals surface area contributed by atoms with Gasteiger partial charge < -0.3 is 20.1 Å². The average Bonchev–Trinajstić information content (AvgIpc) is 3.68. The summed E-state index contributed by atoms with van der Waals surface area (Å²) < 4.78 is 11.7. The molecule has 12 nitrogen and oxygen atoms in total. The summed E-state index contributed by atoms with van der Waals surface area (Å²) in [6.07, 6.45) is 7.22. The summed E-state index contributed by atoms with van der Waals surface area (Å²) in [5.74, 6) is -1.10. The molecule has 40 heavy (non-hydrogen) atoms. The van der Waals surface area contributed by atoms with Crippen molar-refractivity contribution in [3.05, 3.63) is 65.1 Å². The number of carbonyl (C=O) groups is 4. The monoisotopic (exact) mass is 548 g/mol. The number of anilines is 2. The highest BCUT2D eigenvalue weighted by molar-refractivity contribution is 6.05. The fourth-order valence-corrected chi connectivity index (χ4v) is 4.04. The molecular formula is C28H32N6O6. The van der Waals surface area contributed by atoms with E-state index in [1.54, 1.807) is 45.2 Å². The van der Waals surface area contributed by atoms with Crippen LogP contribution in [-0.4, -0.2) is 57.9 Å². The van der Waals surface area contributed by atoms with Crippen LogP contribution in [-0.2, 0) is 14.3 Å². The summed E-state index contributed by atoms with van der Waals surface area (Å²) in [5.41, 5.74) is 2.62. The SMILES string of the molecule is C/C=C/C(=O)OCOC(=O)N(c1cc(C(=O)NC2CC2)ccc1C)c1ncnn2cc(C(=O)NCCC)c(C)c12. The lowest BCUT2D eigenvalue weighted by molar-refractivity contribution is -0.145. The molecule has 0 unspecified atom stereocenters. The van der Waals surface area contributed by atoms with Crippen LogP contribution in [0, 0.1) is 13.8 Å². The third kappa shape index (κ3) is 6.28. The van der Waals surface area contributed by atoms with Crippen molar-refractivity contribution in [3.8, 4) is 0 Å². The summed E-state index contributed by atoms with van der Waals surface area (Å²) in [7, 11) is 0. The van der Waals surface area contributed by atoms with E-state index in [1.165, 1.54) is 27.9 Å². The Balaban J connectivity index is 1.79. The van der Waals surface area contributed by atoms with E-state index in [1.807, 2.05) is 6.92 Å². The topological polar surface area (TPSA) is 144 Å². The molecule has 0 spiro atoms. The molecular weight excluding hydrogens is 516 g/mol. The van der Waals surface area contributed by atoms with Gasteiger partial charge in [-0.15, -0.1) is 0 Å². The zero-order chi connectivity index (χ0) is 28.8. The molecule has 1 aliphatic carbocycles. The molecule has 1 fully saturated rings. The van der Waals surface area contributed by atoms with Crippen LogP contribution in [0.4, 0.5) is 16.3 Å². The zero-order valence-electron chi connectivity index (χ0n) is 22.9. The smallest absolute Gasteiger partial charge is 0.423 e. The number of hydrogen-bond donors (Lipinski definition) is 2. The number of nitrogens with zero attached hydrogens (tertiary/aromatic N) is 4. The Kier molecular flexibility index (Phi) is 8.77. The number of aryl methyl sites for hydroxylation is 2. The average molecular weight is 549 g/mol. The first-order valence-corrected chi connectivity index (χ1v) is 13.0. The van der Waals surface area contributed by atoms with Gasteiger partial charge in [0.1, 0.15) is 11.8 Å². The number of aromatic nitrogens is 3. The number of hydrogen-bond acceptors (Lipinski definition) is 8. The molecule has 0 aliphatic heterocycles. The van der Waals surface area contributed by atoms with E-state index in [-0.39, 0.29) is 23.7 Å². The normalized spacial score (nSPS) is 12.8. The number of nitrogens with one attached hydrogen (secondary N) is 2. The fourth-order valence-electron chi connectivity index (χ4n) is 4.04. The lowest BCUT2D eigenvalue weighted by atomic mass is 10.1. The molecule has 210 valence electrons. The maximum absolute atomic E-state index is 13.6. The highest BCUT2D eigenvalue weighted by atomic mass is 16.7. The van der Waals surface area contributed by atoms with Gasteiger partial charge >= 0.3 is 12.1 Å². The van der Waals surface area contributed by atoms with Crippen LogP contribution in [0.15, 0.2) is 42.9 Å². The molecule has 1 saturated carbocycles. The quantitative estimate of drug-likeness (QED) is 0.222. The minimum Gasteiger partial charge on any atom is -0.425 e. The van der Waals surface area contributed by atoms with Gasteiger partial charge in [-0.3, -0.25) is 9.59 Å². The Morgan fingerprint density at radius 1 is 1.15 bits per heavy atom. The van der Waals surface area contributed by atoms with Crippen LogP contribution in [0.25, 0.3) is 5.52 Å². The highest BCUT2D eigenvalue weighted by Gasteiger charge is 2.30. The molecule has 2 aromatic heterocycles. The van der Waals surface area contributed by atoms with Gasteiger partial charge in [0, 0.05) is 30.4 Å². The molecule has 12 heteroatoms. The molecule has 3 amide bonds. The molecule has 0 radical (unpaired) electrons. The number of fused-ring (bicyclic) bond motifs is 1. The largest absolute Gasteiger partial charge is 0.425 e. The number of allylic oxidation sites excluding steroid dienone is 1. The third-order valence-electron chi connectivity index (χ3n) is 6.29. The molecule has 2 N–H and O–H groups in total. The van der Waals surface area contributed by atoms with Gasteiger partial charge in [-0.2, -0.15) is 5.10 Å². The van der Waals surface area contributed by atoms with Crippen LogP contribution in [0.3, 0.4) is 0 Å². The minimum atomic E-state index is -0.908. The predicted molar refractivity (Wildman–Crippen MR) is 146 cm³/mol. The molecule has 3 aromatic rings. The van der Waals surface area contributed by atoms with E-state index in [4.69, 9.17) is 9.47 Å². The van der Waals surface area contributed by atoms with Crippen LogP contribution in [0.2, 0.25) is 0 Å². The number of carbonyl (C=O) groups excluding carboxylic acids is 4. The Hall–Kier alpha value is -4.74. The van der Waals surface area contributed by atoms with Crippen LogP contribution in [0.1, 0.15) is 65.0 Å². The van der Waals surface area contributed by atoms with Crippen molar-refractivity contribution in [2.75, 3.05) is 18.2 Å². The van der Waals surface area contributed by atoms with Crippen molar-refractivity contribution < 1.29 is 28.7 Å². The molecule has 4 rings (SSSR count). The summed E-state index contributed by atoms with van der Waals surface area (Å²) >= 11 is 0. The summed E-state index contributed by atoms with van der Waals surface area (Å²) in [5, 5.41) is 10.0. The summed E-state index contributed by atoms with van der Waals surface area (Å²) in [4.78, 5) is 56.6. The number of ether oxygens (including phenoxy) is 2. The van der Waals surface area contributed by atoms with E-state index in [0.717, 1.165) is 19.3 Å². The van der Waals surface area contributed by atoms with Gasteiger partial charge in [0.2, 0.25) is 6.79 Å². The molecule has 0 atom stereocenters. The Bertz CT molecular complexity index is 1480. The first-order chi connectivity index (χ1) is 19.2. The first-order valence-electron chi connectivity index (χ1n) is 13.0. The van der Waals surface area contributed by atoms with Crippen molar-refractivity contribution >= 4 is 40.9 Å². The molecule has 1 aromatic carbocycles. The van der Waals surface area contributed by atoms with Gasteiger partial charge in [-0.1, -0.05) is 19.1 Å². The minimum absolute atomic E-state index is 0.120. The van der Waals surface area contributed by atoms with Gasteiger partial charge in [0.15, 0.2) is 5.82 Å². The second kappa shape index (κ2) is 12.4. The van der Waals surface area contributed by atoms with E-state index in [0.29, 0.717) is 40.0 Å². The van der Waals surface area contributed by atoms with Crippen LogP contribution >= 0.6 is 0 Å². The maximum Gasteiger partial charge on any atom is 0.423 e. The molecule has 2 heterocycles. The van der Waals surface area contributed by atoms with E-state index in [9.17, 15) is 19.2 Å². The number of esters is 1. The van der Waals surface area contributed by atoms with Crippen LogP contribution < -0.4 is 15.5 Å². The summed E-state index contributed by atoms with van der Waals surface area (Å²) in [6.45, 7) is 6.97. The van der Waals surface area contributed by atoms with Gasteiger partial charge in [-0.05, 0) is 63.3 Å². The Morgan fingerprint density at radius 2 is 1.93 bits per heavy atom. The number of amides is 3. The molecule has 0 bridgehead atoms. The van der Waals surface area contributed by atoms with E-state index >= 15 is 0 Å². The van der Waals surface area contributed by atoms with Crippen molar-refractivity contribution in [2.24, 2.45) is 0 Å². The lowest BCUT2D eigenvalue weighted by Crippen LogP contribution is -2.31. The van der Waals surface area contributed by atoms with E-state index < -0.39 is 18.9 Å².